The Morgan fingerprint density at radius 3 is 2.50 bits per heavy atom. The molecule has 1 radical (unpaired) electrons. The van der Waals surface area contributed by atoms with Crippen LogP contribution in [0.2, 0.25) is 0 Å². The lowest BCUT2D eigenvalue weighted by Crippen LogP contribution is -2.09. The van der Waals surface area contributed by atoms with Crippen molar-refractivity contribution in [1.82, 2.24) is 0 Å². The van der Waals surface area contributed by atoms with Crippen LogP contribution in [0.3, 0.4) is 0 Å². The van der Waals surface area contributed by atoms with Gasteiger partial charge in [-0.3, -0.25) is 4.99 Å². The van der Waals surface area contributed by atoms with Crippen LogP contribution in [0.15, 0.2) is 4.99 Å². The summed E-state index contributed by atoms with van der Waals surface area (Å²) in [7, 11) is 0. The van der Waals surface area contributed by atoms with Crippen molar-refractivity contribution < 1.29 is 0 Å². The molecule has 0 amide bonds. The van der Waals surface area contributed by atoms with Crippen molar-refractivity contribution in [2.24, 2.45) is 10.4 Å². The second kappa shape index (κ2) is 1.57. The van der Waals surface area contributed by atoms with Crippen LogP contribution in [0.5, 0.6) is 0 Å². The van der Waals surface area contributed by atoms with Crippen LogP contribution in [0.25, 0.3) is 0 Å². The van der Waals surface area contributed by atoms with Gasteiger partial charge in [0.25, 0.3) is 0 Å². The van der Waals surface area contributed by atoms with E-state index in [2.05, 4.69) is 25.8 Å². The number of hydrogen-bond donors (Lipinski definition) is 0. The number of rotatable bonds is 0. The zero-order valence-corrected chi connectivity index (χ0v) is 5.52. The minimum atomic E-state index is 0.310. The average molecular weight is 110 g/mol. The summed E-state index contributed by atoms with van der Waals surface area (Å²) in [5, 5.41) is 0. The van der Waals surface area contributed by atoms with E-state index in [0.717, 1.165) is 6.42 Å². The Bertz CT molecular complexity index is 114. The number of hydrogen-bond acceptors (Lipinski definition) is 1. The van der Waals surface area contributed by atoms with E-state index < -0.39 is 0 Å². The molecule has 0 saturated heterocycles. The zero-order valence-electron chi connectivity index (χ0n) is 5.52. The van der Waals surface area contributed by atoms with Gasteiger partial charge in [-0.15, -0.1) is 0 Å². The lowest BCUT2D eigenvalue weighted by molar-refractivity contribution is 0.498. The Kier molecular flexibility index (Phi) is 1.14. The number of aliphatic imine (C=N–C) groups is 1. The molecule has 1 nitrogen and oxygen atoms in total. The van der Waals surface area contributed by atoms with Crippen molar-refractivity contribution in [2.45, 2.75) is 26.3 Å². The predicted molar refractivity (Wildman–Crippen MR) is 36.0 cm³/mol. The average Bonchev–Trinajstić information content (AvgIpc) is 1.82. The molecule has 1 heteroatoms. The molecule has 8 heavy (non-hydrogen) atoms. The van der Waals surface area contributed by atoms with Crippen molar-refractivity contribution in [1.29, 1.82) is 0 Å². The van der Waals surface area contributed by atoms with Gasteiger partial charge in [-0.05, 0) is 13.3 Å². The van der Waals surface area contributed by atoms with Crippen LogP contribution in [0, 0.1) is 12.3 Å². The molecule has 0 fully saturated rings. The summed E-state index contributed by atoms with van der Waals surface area (Å²) in [6.45, 7) is 8.20. The molecular weight excluding hydrogens is 98.1 g/mol. The standard InChI is InChI=1S/C7H12N/c1-6-4-7(2,3)5-8-6/h5-6H,1,4H2,2-3H3. The fraction of sp³-hybridized carbons (Fsp3) is 0.714. The molecule has 0 saturated carbocycles. The Labute approximate surface area is 50.8 Å². The minimum Gasteiger partial charge on any atom is -0.294 e. The van der Waals surface area contributed by atoms with Gasteiger partial charge in [0.1, 0.15) is 0 Å². The summed E-state index contributed by atoms with van der Waals surface area (Å²) in [5.41, 5.74) is 0.312. The SMILES string of the molecule is [CH2]C1CC(C)(C)C=N1. The van der Waals surface area contributed by atoms with E-state index in [4.69, 9.17) is 0 Å². The lowest BCUT2D eigenvalue weighted by Gasteiger charge is -2.11. The van der Waals surface area contributed by atoms with E-state index in [1.165, 1.54) is 0 Å². The third-order valence-corrected chi connectivity index (χ3v) is 1.40. The first-order valence-electron chi connectivity index (χ1n) is 2.98. The molecule has 1 atom stereocenters. The second-order valence-electron chi connectivity index (χ2n) is 3.12. The van der Waals surface area contributed by atoms with Crippen LogP contribution in [-0.2, 0) is 0 Å². The van der Waals surface area contributed by atoms with Gasteiger partial charge in [0.05, 0.1) is 6.04 Å². The second-order valence-corrected chi connectivity index (χ2v) is 3.12. The molecular formula is C7H12N. The Balaban J connectivity index is 2.58. The van der Waals surface area contributed by atoms with Crippen molar-refractivity contribution in [3.8, 4) is 0 Å². The van der Waals surface area contributed by atoms with Crippen LogP contribution in [0.1, 0.15) is 20.3 Å². The van der Waals surface area contributed by atoms with Crippen LogP contribution >= 0.6 is 0 Å². The summed E-state index contributed by atoms with van der Waals surface area (Å²) >= 11 is 0. The molecule has 0 aromatic rings. The first kappa shape index (κ1) is 5.80. The monoisotopic (exact) mass is 110 g/mol. The highest BCUT2D eigenvalue weighted by molar-refractivity contribution is 5.67. The molecule has 45 valence electrons. The Morgan fingerprint density at radius 2 is 2.38 bits per heavy atom. The first-order valence-corrected chi connectivity index (χ1v) is 2.98. The molecule has 1 unspecified atom stereocenters. The molecule has 1 aliphatic rings. The summed E-state index contributed by atoms with van der Waals surface area (Å²) in [6.07, 6.45) is 3.11. The van der Waals surface area contributed by atoms with E-state index in [9.17, 15) is 0 Å². The van der Waals surface area contributed by atoms with Crippen molar-refractivity contribution in [3.63, 3.8) is 0 Å². The van der Waals surface area contributed by atoms with E-state index in [1.54, 1.807) is 0 Å². The van der Waals surface area contributed by atoms with Gasteiger partial charge in [0, 0.05) is 11.6 Å². The van der Waals surface area contributed by atoms with Gasteiger partial charge in [-0.1, -0.05) is 13.8 Å². The van der Waals surface area contributed by atoms with E-state index in [-0.39, 0.29) is 0 Å². The van der Waals surface area contributed by atoms with E-state index in [1.807, 2.05) is 6.21 Å². The normalized spacial score (nSPS) is 33.6. The topological polar surface area (TPSA) is 12.4 Å². The highest BCUT2D eigenvalue weighted by atomic mass is 14.8. The van der Waals surface area contributed by atoms with Gasteiger partial charge >= 0.3 is 0 Å². The molecule has 0 bridgehead atoms. The highest BCUT2D eigenvalue weighted by Crippen LogP contribution is 2.26. The van der Waals surface area contributed by atoms with Crippen molar-refractivity contribution in [3.05, 3.63) is 6.92 Å². The lowest BCUT2D eigenvalue weighted by atomic mass is 9.91. The van der Waals surface area contributed by atoms with Gasteiger partial charge in [-0.2, -0.15) is 0 Å². The Morgan fingerprint density at radius 1 is 1.75 bits per heavy atom. The van der Waals surface area contributed by atoms with E-state index >= 15 is 0 Å². The molecule has 1 heterocycles. The van der Waals surface area contributed by atoms with Crippen molar-refractivity contribution in [2.75, 3.05) is 0 Å². The third-order valence-electron chi connectivity index (χ3n) is 1.40. The molecule has 1 rings (SSSR count). The minimum absolute atomic E-state index is 0.310. The first-order chi connectivity index (χ1) is 3.60. The smallest absolute Gasteiger partial charge is 0.0505 e. The molecule has 0 aromatic carbocycles. The molecule has 0 N–H and O–H groups in total. The van der Waals surface area contributed by atoms with Gasteiger partial charge in [0.15, 0.2) is 0 Å². The van der Waals surface area contributed by atoms with Crippen LogP contribution in [-0.4, -0.2) is 12.3 Å². The van der Waals surface area contributed by atoms with Crippen LogP contribution in [0.4, 0.5) is 0 Å². The molecule has 0 spiro atoms. The molecule has 1 aliphatic heterocycles. The van der Waals surface area contributed by atoms with Crippen LogP contribution < -0.4 is 0 Å². The maximum Gasteiger partial charge on any atom is 0.0505 e. The summed E-state index contributed by atoms with van der Waals surface area (Å²) in [4.78, 5) is 4.15. The van der Waals surface area contributed by atoms with Gasteiger partial charge < -0.3 is 0 Å². The predicted octanol–water partition coefficient (Wildman–Crippen LogP) is 1.69. The summed E-state index contributed by atoms with van der Waals surface area (Å²) in [5.74, 6) is 0. The van der Waals surface area contributed by atoms with Crippen molar-refractivity contribution >= 4 is 6.21 Å². The third kappa shape index (κ3) is 1.09. The number of nitrogens with zero attached hydrogens (tertiary/aromatic N) is 1. The maximum absolute atomic E-state index is 4.15. The largest absolute Gasteiger partial charge is 0.294 e. The van der Waals surface area contributed by atoms with E-state index in [0.29, 0.717) is 11.5 Å². The molecule has 0 aromatic heterocycles. The summed E-state index contributed by atoms with van der Waals surface area (Å²) in [6, 6.07) is 0.310. The Hall–Kier alpha value is -0.330. The van der Waals surface area contributed by atoms with Gasteiger partial charge in [0.2, 0.25) is 0 Å². The molecule has 0 aliphatic carbocycles. The highest BCUT2D eigenvalue weighted by Gasteiger charge is 2.23. The quantitative estimate of drug-likeness (QED) is 0.450. The maximum atomic E-state index is 4.15. The fourth-order valence-electron chi connectivity index (χ4n) is 1.02. The summed E-state index contributed by atoms with van der Waals surface area (Å²) < 4.78 is 0. The fourth-order valence-corrected chi connectivity index (χ4v) is 1.02. The zero-order chi connectivity index (χ0) is 6.20. The van der Waals surface area contributed by atoms with Gasteiger partial charge in [-0.25, -0.2) is 0 Å².